The first-order valence-corrected chi connectivity index (χ1v) is 6.75. The molecular weight excluding hydrogens is 278 g/mol. The fourth-order valence-electron chi connectivity index (χ4n) is 2.82. The summed E-state index contributed by atoms with van der Waals surface area (Å²) in [6.07, 6.45) is 5.94. The van der Waals surface area contributed by atoms with Crippen molar-refractivity contribution in [2.75, 3.05) is 0 Å². The fraction of sp³-hybridized carbons (Fsp3) is 0.500. The summed E-state index contributed by atoms with van der Waals surface area (Å²) in [6, 6.07) is 4.15. The van der Waals surface area contributed by atoms with E-state index in [-0.39, 0.29) is 5.54 Å². The molecule has 17 heavy (non-hydrogen) atoms. The van der Waals surface area contributed by atoms with Gasteiger partial charge in [0.2, 0.25) is 6.08 Å². The van der Waals surface area contributed by atoms with Crippen LogP contribution in [-0.4, -0.2) is 6.08 Å². The molecule has 0 spiro atoms. The first kappa shape index (κ1) is 12.5. The monoisotopic (exact) mass is 293 g/mol. The lowest BCUT2D eigenvalue weighted by atomic mass is 9.84. The summed E-state index contributed by atoms with van der Waals surface area (Å²) >= 11 is 3.61. The van der Waals surface area contributed by atoms with Crippen molar-refractivity contribution in [2.45, 2.75) is 45.1 Å². The Morgan fingerprint density at radius 1 is 1.29 bits per heavy atom. The zero-order chi connectivity index (χ0) is 12.5. The lowest BCUT2D eigenvalue weighted by molar-refractivity contribution is 0.451. The number of halogens is 1. The number of isocyanates is 1. The van der Waals surface area contributed by atoms with Crippen LogP contribution < -0.4 is 0 Å². The van der Waals surface area contributed by atoms with Gasteiger partial charge in [0.15, 0.2) is 0 Å². The Kier molecular flexibility index (Phi) is 3.50. The molecule has 1 aromatic carbocycles. The molecule has 1 saturated carbocycles. The molecule has 0 atom stereocenters. The van der Waals surface area contributed by atoms with Gasteiger partial charge in [-0.15, -0.1) is 0 Å². The molecular formula is C14H16BrNO. The molecule has 1 aliphatic rings. The third-order valence-corrected chi connectivity index (χ3v) is 4.50. The maximum atomic E-state index is 10.7. The second-order valence-electron chi connectivity index (χ2n) is 4.81. The summed E-state index contributed by atoms with van der Waals surface area (Å²) in [4.78, 5) is 14.9. The van der Waals surface area contributed by atoms with Crippen LogP contribution in [0.4, 0.5) is 0 Å². The Labute approximate surface area is 110 Å². The smallest absolute Gasteiger partial charge is 0.211 e. The number of nitrogens with zero attached hydrogens (tertiary/aromatic N) is 1. The number of carbonyl (C=O) groups excluding carboxylic acids is 1. The van der Waals surface area contributed by atoms with Gasteiger partial charge in [-0.05, 0) is 49.4 Å². The van der Waals surface area contributed by atoms with Crippen molar-refractivity contribution in [1.29, 1.82) is 0 Å². The first-order chi connectivity index (χ1) is 8.10. The largest absolute Gasteiger partial charge is 0.235 e. The number of rotatable bonds is 2. The minimum Gasteiger partial charge on any atom is -0.211 e. The van der Waals surface area contributed by atoms with Gasteiger partial charge in [0.05, 0.1) is 5.54 Å². The number of hydrogen-bond donors (Lipinski definition) is 0. The van der Waals surface area contributed by atoms with Crippen LogP contribution >= 0.6 is 15.9 Å². The van der Waals surface area contributed by atoms with Crippen molar-refractivity contribution in [3.8, 4) is 0 Å². The van der Waals surface area contributed by atoms with Crippen LogP contribution in [0.25, 0.3) is 0 Å². The summed E-state index contributed by atoms with van der Waals surface area (Å²) in [5, 5.41) is 0. The van der Waals surface area contributed by atoms with Gasteiger partial charge in [0.25, 0.3) is 0 Å². The summed E-state index contributed by atoms with van der Waals surface area (Å²) in [5.74, 6) is 0. The van der Waals surface area contributed by atoms with Crippen LogP contribution in [0.2, 0.25) is 0 Å². The summed E-state index contributed by atoms with van der Waals surface area (Å²) in [6.45, 7) is 4.20. The average Bonchev–Trinajstić information content (AvgIpc) is 2.74. The molecule has 0 amide bonds. The fourth-order valence-corrected chi connectivity index (χ4v) is 3.62. The van der Waals surface area contributed by atoms with E-state index < -0.39 is 0 Å². The molecule has 0 aliphatic heterocycles. The normalized spacial score (nSPS) is 17.8. The highest BCUT2D eigenvalue weighted by molar-refractivity contribution is 9.10. The zero-order valence-electron chi connectivity index (χ0n) is 10.2. The molecule has 0 unspecified atom stereocenters. The van der Waals surface area contributed by atoms with Crippen LogP contribution in [0.1, 0.15) is 42.4 Å². The van der Waals surface area contributed by atoms with Crippen LogP contribution in [0.5, 0.6) is 0 Å². The summed E-state index contributed by atoms with van der Waals surface area (Å²) in [7, 11) is 0. The van der Waals surface area contributed by atoms with E-state index in [1.54, 1.807) is 6.08 Å². The Balaban J connectivity index is 2.65. The van der Waals surface area contributed by atoms with E-state index in [0.717, 1.165) is 30.2 Å². The SMILES string of the molecule is Cc1ccc(Br)c(C2(N=C=O)CCCC2)c1C. The third kappa shape index (κ3) is 2.10. The van der Waals surface area contributed by atoms with Gasteiger partial charge >= 0.3 is 0 Å². The quantitative estimate of drug-likeness (QED) is 0.594. The van der Waals surface area contributed by atoms with Gasteiger partial charge in [0, 0.05) is 4.47 Å². The van der Waals surface area contributed by atoms with Crippen molar-refractivity contribution in [3.05, 3.63) is 33.3 Å². The topological polar surface area (TPSA) is 29.4 Å². The molecule has 1 aliphatic carbocycles. The Morgan fingerprint density at radius 2 is 1.94 bits per heavy atom. The molecule has 90 valence electrons. The first-order valence-electron chi connectivity index (χ1n) is 5.96. The summed E-state index contributed by atoms with van der Waals surface area (Å²) in [5.41, 5.74) is 3.32. The van der Waals surface area contributed by atoms with Crippen molar-refractivity contribution in [1.82, 2.24) is 0 Å². The minimum absolute atomic E-state index is 0.337. The Hall–Kier alpha value is -0.920. The molecule has 1 aromatic rings. The molecule has 1 fully saturated rings. The summed E-state index contributed by atoms with van der Waals surface area (Å²) < 4.78 is 1.06. The van der Waals surface area contributed by atoms with E-state index in [2.05, 4.69) is 46.9 Å². The van der Waals surface area contributed by atoms with E-state index in [1.165, 1.54) is 16.7 Å². The van der Waals surface area contributed by atoms with E-state index in [9.17, 15) is 4.79 Å². The molecule has 3 heteroatoms. The number of hydrogen-bond acceptors (Lipinski definition) is 2. The number of aliphatic imine (C=N–C) groups is 1. The predicted molar refractivity (Wildman–Crippen MR) is 71.9 cm³/mol. The predicted octanol–water partition coefficient (Wildman–Crippen LogP) is 4.17. The van der Waals surface area contributed by atoms with Crippen LogP contribution in [0.15, 0.2) is 21.6 Å². The Bertz CT molecular complexity index is 483. The number of aryl methyl sites for hydroxylation is 1. The van der Waals surface area contributed by atoms with Crippen molar-refractivity contribution in [2.24, 2.45) is 4.99 Å². The second kappa shape index (κ2) is 4.75. The lowest BCUT2D eigenvalue weighted by Crippen LogP contribution is -2.21. The maximum absolute atomic E-state index is 10.7. The molecule has 2 rings (SSSR count). The maximum Gasteiger partial charge on any atom is 0.235 e. The van der Waals surface area contributed by atoms with Gasteiger partial charge in [-0.2, -0.15) is 4.99 Å². The molecule has 0 bridgehead atoms. The van der Waals surface area contributed by atoms with Crippen molar-refractivity contribution < 1.29 is 4.79 Å². The van der Waals surface area contributed by atoms with Gasteiger partial charge in [0.1, 0.15) is 0 Å². The average molecular weight is 294 g/mol. The number of benzene rings is 1. The van der Waals surface area contributed by atoms with E-state index in [0.29, 0.717) is 0 Å². The van der Waals surface area contributed by atoms with Crippen molar-refractivity contribution >= 4 is 22.0 Å². The molecule has 0 aromatic heterocycles. The standard InChI is InChI=1S/C14H16BrNO/c1-10-5-6-12(15)13(11(10)2)14(16-9-17)7-3-4-8-14/h5-6H,3-4,7-8H2,1-2H3. The van der Waals surface area contributed by atoms with Gasteiger partial charge in [-0.3, -0.25) is 0 Å². The Morgan fingerprint density at radius 3 is 2.53 bits per heavy atom. The zero-order valence-corrected chi connectivity index (χ0v) is 11.8. The van der Waals surface area contributed by atoms with E-state index >= 15 is 0 Å². The molecule has 0 radical (unpaired) electrons. The lowest BCUT2D eigenvalue weighted by Gasteiger charge is -2.27. The van der Waals surface area contributed by atoms with Crippen LogP contribution in [-0.2, 0) is 10.3 Å². The second-order valence-corrected chi connectivity index (χ2v) is 5.66. The molecule has 2 nitrogen and oxygen atoms in total. The molecule has 0 heterocycles. The van der Waals surface area contributed by atoms with Crippen LogP contribution in [0, 0.1) is 13.8 Å². The van der Waals surface area contributed by atoms with Gasteiger partial charge < -0.3 is 0 Å². The highest BCUT2D eigenvalue weighted by Crippen LogP contribution is 2.46. The van der Waals surface area contributed by atoms with E-state index in [4.69, 9.17) is 0 Å². The van der Waals surface area contributed by atoms with Gasteiger partial charge in [-0.25, -0.2) is 4.79 Å². The third-order valence-electron chi connectivity index (χ3n) is 3.84. The van der Waals surface area contributed by atoms with Crippen molar-refractivity contribution in [3.63, 3.8) is 0 Å². The van der Waals surface area contributed by atoms with E-state index in [1.807, 2.05) is 0 Å². The highest BCUT2D eigenvalue weighted by atomic mass is 79.9. The highest BCUT2D eigenvalue weighted by Gasteiger charge is 2.38. The molecule has 0 saturated heterocycles. The van der Waals surface area contributed by atoms with Crippen LogP contribution in [0.3, 0.4) is 0 Å². The minimum atomic E-state index is -0.337. The van der Waals surface area contributed by atoms with Gasteiger partial charge in [-0.1, -0.05) is 34.8 Å². The molecule has 0 N–H and O–H groups in total.